The first kappa shape index (κ1) is 29.4. The molecule has 38 heavy (non-hydrogen) atoms. The maximum Gasteiger partial charge on any atom is 0.257 e. The fourth-order valence-corrected chi connectivity index (χ4v) is 5.49. The first-order chi connectivity index (χ1) is 17.9. The van der Waals surface area contributed by atoms with Gasteiger partial charge in [0.2, 0.25) is 0 Å². The van der Waals surface area contributed by atoms with Gasteiger partial charge in [-0.25, -0.2) is 4.98 Å². The minimum Gasteiger partial charge on any atom is -0.493 e. The van der Waals surface area contributed by atoms with Crippen molar-refractivity contribution in [3.63, 3.8) is 0 Å². The van der Waals surface area contributed by atoms with Crippen molar-refractivity contribution in [1.82, 2.24) is 15.6 Å². The molecule has 3 aromatic rings. The normalized spacial score (nSPS) is 15.0. The lowest BCUT2D eigenvalue weighted by molar-refractivity contribution is 0.0939. The van der Waals surface area contributed by atoms with Crippen LogP contribution in [0.2, 0.25) is 0 Å². The number of anilines is 1. The van der Waals surface area contributed by atoms with Crippen LogP contribution in [0, 0.1) is 0 Å². The quantitative estimate of drug-likeness (QED) is 0.317. The third-order valence-corrected chi connectivity index (χ3v) is 7.52. The number of aryl methyl sites for hydroxylation is 1. The van der Waals surface area contributed by atoms with Gasteiger partial charge in [-0.3, -0.25) is 14.9 Å². The number of halogens is 1. The molecule has 1 aromatic heterocycles. The highest BCUT2D eigenvalue weighted by Crippen LogP contribution is 2.31. The molecular weight excluding hydrogens is 524 g/mol. The molecule has 1 aliphatic rings. The van der Waals surface area contributed by atoms with Crippen molar-refractivity contribution < 1.29 is 19.1 Å². The fourth-order valence-electron chi connectivity index (χ4n) is 4.41. The van der Waals surface area contributed by atoms with E-state index in [1.165, 1.54) is 12.0 Å². The summed E-state index contributed by atoms with van der Waals surface area (Å²) in [5.74, 6) is 0.577. The third kappa shape index (κ3) is 7.03. The zero-order chi connectivity index (χ0) is 26.4. The van der Waals surface area contributed by atoms with Gasteiger partial charge in [0.05, 0.1) is 26.0 Å². The van der Waals surface area contributed by atoms with Gasteiger partial charge in [-0.1, -0.05) is 19.1 Å². The maximum atomic E-state index is 13.0. The number of nitrogens with zero attached hydrogens (tertiary/aromatic N) is 1. The molecule has 1 aliphatic carbocycles. The second kappa shape index (κ2) is 13.6. The number of ether oxygens (including phenoxy) is 2. The number of thiazole rings is 1. The van der Waals surface area contributed by atoms with Gasteiger partial charge in [0.25, 0.3) is 11.8 Å². The number of carbonyl (C=O) groups excluding carboxylic acids is 2. The van der Waals surface area contributed by atoms with Gasteiger partial charge < -0.3 is 20.1 Å². The summed E-state index contributed by atoms with van der Waals surface area (Å²) in [6, 6.07) is 12.5. The van der Waals surface area contributed by atoms with E-state index in [-0.39, 0.29) is 30.3 Å². The van der Waals surface area contributed by atoms with Crippen molar-refractivity contribution in [3.05, 3.63) is 69.7 Å². The molecule has 4 rings (SSSR count). The molecule has 0 bridgehead atoms. The van der Waals surface area contributed by atoms with Crippen molar-refractivity contribution in [3.8, 4) is 11.5 Å². The highest BCUT2D eigenvalue weighted by Gasteiger charge is 2.23. The molecule has 0 radical (unpaired) electrons. The summed E-state index contributed by atoms with van der Waals surface area (Å²) in [4.78, 5) is 31.8. The van der Waals surface area contributed by atoms with Crippen molar-refractivity contribution in [2.24, 2.45) is 0 Å². The lowest BCUT2D eigenvalue weighted by Gasteiger charge is -2.21. The van der Waals surface area contributed by atoms with Gasteiger partial charge >= 0.3 is 0 Å². The number of benzene rings is 2. The topological polar surface area (TPSA) is 102 Å². The second-order valence-corrected chi connectivity index (χ2v) is 10.2. The molecule has 0 fully saturated rings. The number of hydrogen-bond acceptors (Lipinski definition) is 7. The standard InChI is InChI=1S/C28H34N4O4S.ClH/c1-5-13-29-21-10-11-22-25(16-21)37-28(31-22)32-27(34)19-8-6-7-18(14-19)17(2)30-26(33)20-9-12-23(35-3)24(15-20)36-4;/h6-9,12,14-15,17,21,29H,5,10-11,13,16H2,1-4H3,(H,30,33)(H,31,32,34);1H/t17-,21+;/m1./s1. The van der Waals surface area contributed by atoms with Crippen molar-refractivity contribution in [1.29, 1.82) is 0 Å². The third-order valence-electron chi connectivity index (χ3n) is 6.49. The van der Waals surface area contributed by atoms with Crippen LogP contribution in [-0.2, 0) is 12.8 Å². The summed E-state index contributed by atoms with van der Waals surface area (Å²) in [7, 11) is 3.08. The molecule has 10 heteroatoms. The number of rotatable bonds is 10. The van der Waals surface area contributed by atoms with Gasteiger partial charge in [0.1, 0.15) is 0 Å². The molecule has 0 saturated carbocycles. The Balaban J connectivity index is 0.00000400. The molecule has 0 saturated heterocycles. The summed E-state index contributed by atoms with van der Waals surface area (Å²) >= 11 is 1.56. The highest BCUT2D eigenvalue weighted by molar-refractivity contribution is 7.15. The molecule has 8 nitrogen and oxygen atoms in total. The van der Waals surface area contributed by atoms with E-state index in [1.807, 2.05) is 19.1 Å². The summed E-state index contributed by atoms with van der Waals surface area (Å²) < 4.78 is 10.5. The number of methoxy groups -OCH3 is 2. The van der Waals surface area contributed by atoms with E-state index in [4.69, 9.17) is 9.47 Å². The van der Waals surface area contributed by atoms with Crippen LogP contribution < -0.4 is 25.4 Å². The van der Waals surface area contributed by atoms with E-state index in [0.29, 0.717) is 33.8 Å². The molecule has 3 N–H and O–H groups in total. The second-order valence-electron chi connectivity index (χ2n) is 9.13. The summed E-state index contributed by atoms with van der Waals surface area (Å²) in [6.45, 7) is 5.07. The lowest BCUT2D eigenvalue weighted by atomic mass is 9.98. The summed E-state index contributed by atoms with van der Waals surface area (Å²) in [5, 5.41) is 10.2. The molecular formula is C28H35ClN4O4S. The SMILES string of the molecule is CCCN[C@H]1CCc2nc(NC(=O)c3cccc([C@@H](C)NC(=O)c4ccc(OC)c(OC)c4)c3)sc2C1.Cl. The minimum atomic E-state index is -0.312. The number of nitrogens with one attached hydrogen (secondary N) is 3. The van der Waals surface area contributed by atoms with Gasteiger partial charge in [0.15, 0.2) is 16.6 Å². The Morgan fingerprint density at radius 1 is 1.08 bits per heavy atom. The van der Waals surface area contributed by atoms with Gasteiger partial charge in [-0.05, 0) is 75.0 Å². The highest BCUT2D eigenvalue weighted by atomic mass is 35.5. The molecule has 2 amide bonds. The summed E-state index contributed by atoms with van der Waals surface area (Å²) in [5.41, 5.74) is 2.89. The number of hydrogen-bond donors (Lipinski definition) is 3. The Hall–Kier alpha value is -3.14. The first-order valence-corrected chi connectivity index (χ1v) is 13.4. The Kier molecular flexibility index (Phi) is 10.5. The molecule has 204 valence electrons. The predicted molar refractivity (Wildman–Crippen MR) is 153 cm³/mol. The van der Waals surface area contributed by atoms with Crippen LogP contribution >= 0.6 is 23.7 Å². The Morgan fingerprint density at radius 2 is 1.84 bits per heavy atom. The van der Waals surface area contributed by atoms with Crippen molar-refractivity contribution >= 4 is 40.7 Å². The van der Waals surface area contributed by atoms with Crippen LogP contribution in [0.1, 0.15) is 69.6 Å². The number of carbonyl (C=O) groups is 2. The van der Waals surface area contributed by atoms with Crippen LogP contribution in [0.25, 0.3) is 0 Å². The van der Waals surface area contributed by atoms with Crippen LogP contribution in [0.5, 0.6) is 11.5 Å². The van der Waals surface area contributed by atoms with E-state index in [9.17, 15) is 9.59 Å². The van der Waals surface area contributed by atoms with Gasteiger partial charge in [0, 0.05) is 22.0 Å². The zero-order valence-corrected chi connectivity index (χ0v) is 23.8. The monoisotopic (exact) mass is 558 g/mol. The van der Waals surface area contributed by atoms with Crippen LogP contribution in [0.4, 0.5) is 5.13 Å². The molecule has 1 heterocycles. The summed E-state index contributed by atoms with van der Waals surface area (Å²) in [6.07, 6.45) is 4.06. The number of aromatic nitrogens is 1. The average molecular weight is 559 g/mol. The Morgan fingerprint density at radius 3 is 2.58 bits per heavy atom. The lowest BCUT2D eigenvalue weighted by Crippen LogP contribution is -2.34. The molecule has 0 unspecified atom stereocenters. The largest absolute Gasteiger partial charge is 0.493 e. The Labute approximate surface area is 233 Å². The van der Waals surface area contributed by atoms with Crippen LogP contribution in [0.15, 0.2) is 42.5 Å². The molecule has 0 spiro atoms. The fraction of sp³-hybridized carbons (Fsp3) is 0.393. The van der Waals surface area contributed by atoms with Crippen molar-refractivity contribution in [2.75, 3.05) is 26.1 Å². The van der Waals surface area contributed by atoms with E-state index in [0.717, 1.165) is 43.5 Å². The van der Waals surface area contributed by atoms with Gasteiger partial charge in [-0.2, -0.15) is 0 Å². The smallest absolute Gasteiger partial charge is 0.257 e. The minimum absolute atomic E-state index is 0. The predicted octanol–water partition coefficient (Wildman–Crippen LogP) is 5.18. The Bertz CT molecular complexity index is 1270. The zero-order valence-electron chi connectivity index (χ0n) is 22.1. The number of fused-ring (bicyclic) bond motifs is 1. The molecule has 2 aromatic carbocycles. The van der Waals surface area contributed by atoms with E-state index in [1.54, 1.807) is 48.8 Å². The van der Waals surface area contributed by atoms with E-state index < -0.39 is 0 Å². The van der Waals surface area contributed by atoms with Gasteiger partial charge in [-0.15, -0.1) is 23.7 Å². The molecule has 2 atom stereocenters. The maximum absolute atomic E-state index is 13.0. The van der Waals surface area contributed by atoms with Crippen LogP contribution in [0.3, 0.4) is 0 Å². The molecule has 0 aliphatic heterocycles. The van der Waals surface area contributed by atoms with Crippen LogP contribution in [-0.4, -0.2) is 43.6 Å². The van der Waals surface area contributed by atoms with E-state index >= 15 is 0 Å². The first-order valence-electron chi connectivity index (χ1n) is 12.6. The van der Waals surface area contributed by atoms with E-state index in [2.05, 4.69) is 27.9 Å². The number of amides is 2. The average Bonchev–Trinajstić information content (AvgIpc) is 3.32. The van der Waals surface area contributed by atoms with Crippen molar-refractivity contribution in [2.45, 2.75) is 51.6 Å².